The minimum atomic E-state index is -4.26. The topological polar surface area (TPSA) is 98.6 Å². The van der Waals surface area contributed by atoms with Crippen molar-refractivity contribution in [2.75, 3.05) is 6.54 Å². The second kappa shape index (κ2) is 7.54. The first-order valence-electron chi connectivity index (χ1n) is 9.56. The average molecular weight is 425 g/mol. The predicted octanol–water partition coefficient (Wildman–Crippen LogP) is 4.99. The van der Waals surface area contributed by atoms with Crippen LogP contribution in [-0.4, -0.2) is 28.9 Å². The first-order valence-corrected chi connectivity index (χ1v) is 9.56. The van der Waals surface area contributed by atoms with Crippen LogP contribution in [-0.2, 0) is 0 Å². The lowest BCUT2D eigenvalue weighted by molar-refractivity contribution is -0.184. The number of hydrogen-bond donors (Lipinski definition) is 2. The SMILES string of the molecule is Cc1nc2cc(-c3nc(C#N)ccc3/C(C=N)=C/NCC3(C(F)(F)F)CC3)ccc2o1. The van der Waals surface area contributed by atoms with Gasteiger partial charge in [0.05, 0.1) is 11.1 Å². The first-order chi connectivity index (χ1) is 14.8. The minimum absolute atomic E-state index is 0.0953. The molecule has 6 nitrogen and oxygen atoms in total. The van der Waals surface area contributed by atoms with Gasteiger partial charge in [-0.3, -0.25) is 0 Å². The van der Waals surface area contributed by atoms with Crippen LogP contribution in [0.3, 0.4) is 0 Å². The number of benzene rings is 1. The molecule has 2 heterocycles. The number of aromatic nitrogens is 2. The lowest BCUT2D eigenvalue weighted by Crippen LogP contribution is -2.33. The van der Waals surface area contributed by atoms with Crippen molar-refractivity contribution in [2.45, 2.75) is 25.9 Å². The van der Waals surface area contributed by atoms with Crippen LogP contribution < -0.4 is 5.32 Å². The van der Waals surface area contributed by atoms with Crippen molar-refractivity contribution in [3.63, 3.8) is 0 Å². The zero-order chi connectivity index (χ0) is 22.2. The van der Waals surface area contributed by atoms with Gasteiger partial charge in [-0.15, -0.1) is 0 Å². The van der Waals surface area contributed by atoms with Crippen molar-refractivity contribution in [2.24, 2.45) is 5.41 Å². The quantitative estimate of drug-likeness (QED) is 0.542. The molecular weight excluding hydrogens is 407 g/mol. The molecule has 1 aliphatic rings. The standard InChI is InChI=1S/C22H18F3N5O/c1-13-29-18-8-14(2-5-19(18)31-13)20-17(4-3-16(10-27)30-20)15(9-26)11-28-12-21(6-7-21)22(23,24)25/h2-5,8-9,11,26,28H,6-7,12H2,1H3/b15-11+,26-9?. The molecular formula is C22H18F3N5O. The predicted molar refractivity (Wildman–Crippen MR) is 109 cm³/mol. The van der Waals surface area contributed by atoms with Crippen LogP contribution in [0.15, 0.2) is 40.9 Å². The van der Waals surface area contributed by atoms with Crippen molar-refractivity contribution in [3.8, 4) is 17.3 Å². The van der Waals surface area contributed by atoms with E-state index in [9.17, 15) is 18.4 Å². The number of allylic oxidation sites excluding steroid dienone is 1. The fourth-order valence-corrected chi connectivity index (χ4v) is 3.43. The maximum atomic E-state index is 13.2. The molecule has 0 radical (unpaired) electrons. The molecule has 1 saturated carbocycles. The van der Waals surface area contributed by atoms with Crippen molar-refractivity contribution in [1.82, 2.24) is 15.3 Å². The molecule has 1 fully saturated rings. The number of nitrogens with one attached hydrogen (secondary N) is 2. The smallest absolute Gasteiger partial charge is 0.396 e. The highest BCUT2D eigenvalue weighted by atomic mass is 19.4. The van der Waals surface area contributed by atoms with Gasteiger partial charge in [-0.05, 0) is 43.2 Å². The number of fused-ring (bicyclic) bond motifs is 1. The molecule has 0 atom stereocenters. The third-order valence-electron chi connectivity index (χ3n) is 5.40. The summed E-state index contributed by atoms with van der Waals surface area (Å²) < 4.78 is 45.0. The Hall–Kier alpha value is -3.67. The molecule has 3 aromatic rings. The van der Waals surface area contributed by atoms with Crippen LogP contribution in [0.2, 0.25) is 0 Å². The molecule has 158 valence electrons. The van der Waals surface area contributed by atoms with E-state index >= 15 is 0 Å². The largest absolute Gasteiger partial charge is 0.441 e. The summed E-state index contributed by atoms with van der Waals surface area (Å²) in [6.07, 6.45) is -1.63. The summed E-state index contributed by atoms with van der Waals surface area (Å²) in [4.78, 5) is 8.69. The molecule has 0 saturated heterocycles. The van der Waals surface area contributed by atoms with Crippen LogP contribution in [0.4, 0.5) is 13.2 Å². The van der Waals surface area contributed by atoms with E-state index in [2.05, 4.69) is 15.3 Å². The summed E-state index contributed by atoms with van der Waals surface area (Å²) >= 11 is 0. The fourth-order valence-electron chi connectivity index (χ4n) is 3.43. The molecule has 1 aromatic carbocycles. The number of nitriles is 1. The molecule has 2 aromatic heterocycles. The van der Waals surface area contributed by atoms with Gasteiger partial charge in [0.2, 0.25) is 0 Å². The van der Waals surface area contributed by atoms with Crippen molar-refractivity contribution < 1.29 is 17.6 Å². The molecule has 4 rings (SSSR count). The number of pyridine rings is 1. The highest BCUT2D eigenvalue weighted by molar-refractivity contribution is 6.10. The minimum Gasteiger partial charge on any atom is -0.441 e. The number of nitrogens with zero attached hydrogens (tertiary/aromatic N) is 3. The third kappa shape index (κ3) is 3.89. The Morgan fingerprint density at radius 1 is 1.29 bits per heavy atom. The lowest BCUT2D eigenvalue weighted by Gasteiger charge is -2.19. The van der Waals surface area contributed by atoms with E-state index in [1.807, 2.05) is 6.07 Å². The number of rotatable bonds is 6. The Morgan fingerprint density at radius 3 is 2.71 bits per heavy atom. The van der Waals surface area contributed by atoms with Crippen LogP contribution in [0.1, 0.15) is 30.0 Å². The molecule has 0 unspecified atom stereocenters. The highest BCUT2D eigenvalue weighted by Gasteiger charge is 2.62. The molecule has 0 amide bonds. The van der Waals surface area contributed by atoms with Gasteiger partial charge in [-0.25, -0.2) is 9.97 Å². The molecule has 31 heavy (non-hydrogen) atoms. The summed E-state index contributed by atoms with van der Waals surface area (Å²) in [6.45, 7) is 1.48. The zero-order valence-corrected chi connectivity index (χ0v) is 16.5. The second-order valence-electron chi connectivity index (χ2n) is 7.52. The average Bonchev–Trinajstić information content (AvgIpc) is 3.45. The number of halogens is 3. The normalized spacial score (nSPS) is 15.5. The fraction of sp³-hybridized carbons (Fsp3) is 0.273. The molecule has 9 heteroatoms. The van der Waals surface area contributed by atoms with Gasteiger partial charge in [0.15, 0.2) is 11.5 Å². The molecule has 0 aliphatic heterocycles. The van der Waals surface area contributed by atoms with Gasteiger partial charge in [0.25, 0.3) is 0 Å². The second-order valence-corrected chi connectivity index (χ2v) is 7.52. The van der Waals surface area contributed by atoms with Gasteiger partial charge in [-0.1, -0.05) is 0 Å². The van der Waals surface area contributed by atoms with Gasteiger partial charge in [-0.2, -0.15) is 18.4 Å². The maximum Gasteiger partial charge on any atom is 0.396 e. The summed E-state index contributed by atoms with van der Waals surface area (Å²) in [5.41, 5.74) is 1.64. The van der Waals surface area contributed by atoms with Gasteiger partial charge >= 0.3 is 6.18 Å². The summed E-state index contributed by atoms with van der Waals surface area (Å²) in [6, 6.07) is 10.4. The molecule has 1 aliphatic carbocycles. The summed E-state index contributed by atoms with van der Waals surface area (Å²) in [5, 5.41) is 19.8. The Bertz CT molecular complexity index is 1230. The van der Waals surface area contributed by atoms with E-state index in [0.717, 1.165) is 6.21 Å². The molecule has 0 bridgehead atoms. The summed E-state index contributed by atoms with van der Waals surface area (Å²) in [5.74, 6) is 0.508. The monoisotopic (exact) mass is 425 g/mol. The highest BCUT2D eigenvalue weighted by Crippen LogP contribution is 2.57. The van der Waals surface area contributed by atoms with Gasteiger partial charge < -0.3 is 15.1 Å². The zero-order valence-electron chi connectivity index (χ0n) is 16.5. The number of hydrogen-bond acceptors (Lipinski definition) is 6. The Balaban J connectivity index is 1.71. The van der Waals surface area contributed by atoms with E-state index in [-0.39, 0.29) is 25.1 Å². The number of alkyl halides is 3. The molecule has 0 spiro atoms. The van der Waals surface area contributed by atoms with E-state index in [0.29, 0.717) is 39.4 Å². The van der Waals surface area contributed by atoms with Gasteiger partial charge in [0.1, 0.15) is 17.3 Å². The van der Waals surface area contributed by atoms with Crippen molar-refractivity contribution in [1.29, 1.82) is 10.7 Å². The number of oxazole rings is 1. The van der Waals surface area contributed by atoms with Crippen molar-refractivity contribution >= 4 is 22.9 Å². The van der Waals surface area contributed by atoms with Crippen LogP contribution in [0.5, 0.6) is 0 Å². The third-order valence-corrected chi connectivity index (χ3v) is 5.40. The summed E-state index contributed by atoms with van der Waals surface area (Å²) in [7, 11) is 0. The van der Waals surface area contributed by atoms with Crippen LogP contribution in [0, 0.1) is 29.1 Å². The van der Waals surface area contributed by atoms with Gasteiger partial charge in [0, 0.05) is 42.6 Å². The van der Waals surface area contributed by atoms with E-state index in [1.54, 1.807) is 31.2 Å². The van der Waals surface area contributed by atoms with E-state index in [1.165, 1.54) is 12.3 Å². The molecule has 2 N–H and O–H groups in total. The Labute approximate surface area is 175 Å². The maximum absolute atomic E-state index is 13.2. The Morgan fingerprint density at radius 2 is 2.06 bits per heavy atom. The van der Waals surface area contributed by atoms with Crippen LogP contribution in [0.25, 0.3) is 27.9 Å². The van der Waals surface area contributed by atoms with Crippen LogP contribution >= 0.6 is 0 Å². The number of aryl methyl sites for hydroxylation is 1. The van der Waals surface area contributed by atoms with Crippen molar-refractivity contribution in [3.05, 3.63) is 53.7 Å². The Kier molecular flexibility index (Phi) is 5.01. The van der Waals surface area contributed by atoms with E-state index < -0.39 is 11.6 Å². The first kappa shape index (κ1) is 20.6. The van der Waals surface area contributed by atoms with E-state index in [4.69, 9.17) is 9.83 Å². The lowest BCUT2D eigenvalue weighted by atomic mass is 9.99.